The summed E-state index contributed by atoms with van der Waals surface area (Å²) in [6.45, 7) is 0.301. The number of hydrogen-bond donors (Lipinski definition) is 2. The minimum absolute atomic E-state index is 0.0221. The summed E-state index contributed by atoms with van der Waals surface area (Å²) in [5.74, 6) is -0.637. The van der Waals surface area contributed by atoms with Crippen molar-refractivity contribution in [3.63, 3.8) is 0 Å². The molecule has 0 saturated heterocycles. The van der Waals surface area contributed by atoms with Gasteiger partial charge in [-0.2, -0.15) is 0 Å². The second-order valence-corrected chi connectivity index (χ2v) is 5.89. The maximum absolute atomic E-state index is 13.0. The second-order valence-electron chi connectivity index (χ2n) is 3.96. The van der Waals surface area contributed by atoms with Crippen molar-refractivity contribution in [2.45, 2.75) is 12.6 Å². The van der Waals surface area contributed by atoms with E-state index in [9.17, 15) is 17.9 Å². The molecule has 17 heavy (non-hydrogen) atoms. The minimum atomic E-state index is -3.08. The SMILES string of the molecule is O=S1(=O)C=CC(NCc2cc(O)cc(F)c2)C1. The van der Waals surface area contributed by atoms with Crippen LogP contribution in [0.5, 0.6) is 5.75 Å². The van der Waals surface area contributed by atoms with Gasteiger partial charge in [0, 0.05) is 24.1 Å². The molecule has 0 radical (unpaired) electrons. The molecule has 1 aliphatic rings. The van der Waals surface area contributed by atoms with E-state index in [0.29, 0.717) is 12.1 Å². The van der Waals surface area contributed by atoms with Crippen LogP contribution < -0.4 is 5.32 Å². The molecule has 0 bridgehead atoms. The molecule has 4 nitrogen and oxygen atoms in total. The van der Waals surface area contributed by atoms with E-state index in [2.05, 4.69) is 5.32 Å². The Morgan fingerprint density at radius 2 is 2.18 bits per heavy atom. The molecule has 92 valence electrons. The topological polar surface area (TPSA) is 66.4 Å². The zero-order chi connectivity index (χ0) is 12.5. The lowest BCUT2D eigenvalue weighted by atomic mass is 10.2. The Morgan fingerprint density at radius 3 is 2.76 bits per heavy atom. The number of nitrogens with one attached hydrogen (secondary N) is 1. The Balaban J connectivity index is 1.97. The van der Waals surface area contributed by atoms with Crippen LogP contribution in [0.25, 0.3) is 0 Å². The summed E-state index contributed by atoms with van der Waals surface area (Å²) in [5, 5.41) is 13.3. The van der Waals surface area contributed by atoms with Gasteiger partial charge in [-0.1, -0.05) is 6.08 Å². The molecule has 1 aliphatic heterocycles. The highest BCUT2D eigenvalue weighted by Gasteiger charge is 2.20. The van der Waals surface area contributed by atoms with Crippen LogP contribution in [0.3, 0.4) is 0 Å². The quantitative estimate of drug-likeness (QED) is 0.845. The summed E-state index contributed by atoms with van der Waals surface area (Å²) in [6, 6.07) is 3.48. The van der Waals surface area contributed by atoms with Gasteiger partial charge in [0.05, 0.1) is 5.75 Å². The fraction of sp³-hybridized carbons (Fsp3) is 0.273. The third-order valence-electron chi connectivity index (χ3n) is 2.44. The molecule has 0 amide bonds. The molecule has 1 unspecified atom stereocenters. The van der Waals surface area contributed by atoms with Crippen LogP contribution in [0.2, 0.25) is 0 Å². The first-order chi connectivity index (χ1) is 7.94. The summed E-state index contributed by atoms with van der Waals surface area (Å²) < 4.78 is 35.2. The summed E-state index contributed by atoms with van der Waals surface area (Å²) in [5.41, 5.74) is 0.570. The van der Waals surface area contributed by atoms with E-state index in [0.717, 1.165) is 6.07 Å². The molecule has 0 fully saturated rings. The van der Waals surface area contributed by atoms with Crippen molar-refractivity contribution in [1.29, 1.82) is 0 Å². The number of sulfone groups is 1. The van der Waals surface area contributed by atoms with Crippen molar-refractivity contribution in [3.8, 4) is 5.75 Å². The van der Waals surface area contributed by atoms with Gasteiger partial charge in [0.25, 0.3) is 0 Å². The molecule has 0 saturated carbocycles. The Labute approximate surface area is 98.7 Å². The number of benzene rings is 1. The largest absolute Gasteiger partial charge is 0.508 e. The molecule has 6 heteroatoms. The fourth-order valence-corrected chi connectivity index (χ4v) is 2.96. The molecule has 2 rings (SSSR count). The molecule has 0 aliphatic carbocycles. The smallest absolute Gasteiger partial charge is 0.173 e. The van der Waals surface area contributed by atoms with Gasteiger partial charge in [-0.3, -0.25) is 0 Å². The molecule has 1 aromatic rings. The molecular formula is C11H12FNO3S. The number of halogens is 1. The number of phenols is 1. The number of aromatic hydroxyl groups is 1. The lowest BCUT2D eigenvalue weighted by molar-refractivity contribution is 0.467. The molecule has 1 heterocycles. The first kappa shape index (κ1) is 12.1. The molecule has 0 spiro atoms. The monoisotopic (exact) mass is 257 g/mol. The van der Waals surface area contributed by atoms with E-state index in [1.165, 1.54) is 17.5 Å². The lowest BCUT2D eigenvalue weighted by Crippen LogP contribution is -2.29. The third-order valence-corrected chi connectivity index (χ3v) is 3.84. The van der Waals surface area contributed by atoms with Crippen molar-refractivity contribution in [2.75, 3.05) is 5.75 Å². The Kier molecular flexibility index (Phi) is 3.17. The lowest BCUT2D eigenvalue weighted by Gasteiger charge is -2.10. The van der Waals surface area contributed by atoms with E-state index in [-0.39, 0.29) is 17.5 Å². The predicted molar refractivity (Wildman–Crippen MR) is 61.6 cm³/mol. The van der Waals surface area contributed by atoms with Gasteiger partial charge in [0.2, 0.25) is 0 Å². The van der Waals surface area contributed by atoms with Crippen LogP contribution >= 0.6 is 0 Å². The van der Waals surface area contributed by atoms with Gasteiger partial charge in [0.15, 0.2) is 9.84 Å². The van der Waals surface area contributed by atoms with Gasteiger partial charge in [-0.05, 0) is 17.7 Å². The van der Waals surface area contributed by atoms with Crippen LogP contribution in [0.15, 0.2) is 29.7 Å². The zero-order valence-electron chi connectivity index (χ0n) is 8.93. The van der Waals surface area contributed by atoms with Crippen molar-refractivity contribution in [2.24, 2.45) is 0 Å². The Hall–Kier alpha value is -1.40. The number of phenolic OH excluding ortho intramolecular Hbond substituents is 1. The maximum atomic E-state index is 13.0. The van der Waals surface area contributed by atoms with Crippen molar-refractivity contribution < 1.29 is 17.9 Å². The van der Waals surface area contributed by atoms with Gasteiger partial charge >= 0.3 is 0 Å². The molecular weight excluding hydrogens is 245 g/mol. The first-order valence-corrected chi connectivity index (χ1v) is 6.79. The average molecular weight is 257 g/mol. The van der Waals surface area contributed by atoms with Crippen LogP contribution in [-0.4, -0.2) is 25.3 Å². The minimum Gasteiger partial charge on any atom is -0.508 e. The summed E-state index contributed by atoms with van der Waals surface area (Å²) in [6.07, 6.45) is 1.56. The van der Waals surface area contributed by atoms with Gasteiger partial charge in [-0.25, -0.2) is 12.8 Å². The number of hydrogen-bond acceptors (Lipinski definition) is 4. The maximum Gasteiger partial charge on any atom is 0.173 e. The molecule has 1 atom stereocenters. The van der Waals surface area contributed by atoms with Crippen LogP contribution in [0.4, 0.5) is 4.39 Å². The summed E-state index contributed by atoms with van der Waals surface area (Å²) in [7, 11) is -3.08. The second kappa shape index (κ2) is 4.46. The van der Waals surface area contributed by atoms with Crippen molar-refractivity contribution in [3.05, 3.63) is 41.1 Å². The molecule has 2 N–H and O–H groups in total. The number of rotatable bonds is 3. The third kappa shape index (κ3) is 3.28. The zero-order valence-corrected chi connectivity index (χ0v) is 9.74. The summed E-state index contributed by atoms with van der Waals surface area (Å²) >= 11 is 0. The van der Waals surface area contributed by atoms with E-state index in [4.69, 9.17) is 0 Å². The van der Waals surface area contributed by atoms with Crippen molar-refractivity contribution in [1.82, 2.24) is 5.32 Å². The van der Waals surface area contributed by atoms with Crippen molar-refractivity contribution >= 4 is 9.84 Å². The van der Waals surface area contributed by atoms with E-state index in [1.54, 1.807) is 6.08 Å². The normalized spacial score (nSPS) is 21.8. The molecule has 1 aromatic carbocycles. The summed E-state index contributed by atoms with van der Waals surface area (Å²) in [4.78, 5) is 0. The Morgan fingerprint density at radius 1 is 1.41 bits per heavy atom. The van der Waals surface area contributed by atoms with Crippen LogP contribution in [0.1, 0.15) is 5.56 Å². The highest BCUT2D eigenvalue weighted by Crippen LogP contribution is 2.15. The first-order valence-electron chi connectivity index (χ1n) is 5.07. The van der Waals surface area contributed by atoms with E-state index >= 15 is 0 Å². The highest BCUT2D eigenvalue weighted by atomic mass is 32.2. The highest BCUT2D eigenvalue weighted by molar-refractivity contribution is 7.94. The Bertz CT molecular complexity index is 534. The molecule has 0 aromatic heterocycles. The van der Waals surface area contributed by atoms with E-state index < -0.39 is 15.7 Å². The fourth-order valence-electron chi connectivity index (χ4n) is 1.69. The van der Waals surface area contributed by atoms with Crippen LogP contribution in [-0.2, 0) is 16.4 Å². The van der Waals surface area contributed by atoms with Gasteiger partial charge in [0.1, 0.15) is 11.6 Å². The van der Waals surface area contributed by atoms with E-state index in [1.807, 2.05) is 0 Å². The van der Waals surface area contributed by atoms with Gasteiger partial charge < -0.3 is 10.4 Å². The van der Waals surface area contributed by atoms with Gasteiger partial charge in [-0.15, -0.1) is 0 Å². The average Bonchev–Trinajstić information content (AvgIpc) is 2.54. The van der Waals surface area contributed by atoms with Crippen LogP contribution in [0, 0.1) is 5.82 Å². The standard InChI is InChI=1S/C11H12FNO3S/c12-9-3-8(4-11(14)5-9)6-13-10-1-2-17(15,16)7-10/h1-5,10,13-14H,6-7H2. The predicted octanol–water partition coefficient (Wildman–Crippen LogP) is 0.932.